The van der Waals surface area contributed by atoms with E-state index in [9.17, 15) is 9.59 Å². The average molecular weight is 386 g/mol. The topological polar surface area (TPSA) is 75.4 Å². The minimum absolute atomic E-state index is 0. The van der Waals surface area contributed by atoms with Crippen molar-refractivity contribution in [2.45, 2.75) is 57.5 Å². The summed E-state index contributed by atoms with van der Waals surface area (Å²) in [6.45, 7) is 3.47. The molecule has 2 fully saturated rings. The van der Waals surface area contributed by atoms with Gasteiger partial charge < -0.3 is 16.0 Å². The van der Waals surface area contributed by atoms with Gasteiger partial charge in [0.25, 0.3) is 5.91 Å². The number of carbonyl (C=O) groups is 2. The van der Waals surface area contributed by atoms with Crippen LogP contribution >= 0.6 is 23.7 Å². The van der Waals surface area contributed by atoms with Crippen molar-refractivity contribution in [1.82, 2.24) is 10.2 Å². The van der Waals surface area contributed by atoms with Crippen molar-refractivity contribution in [2.75, 3.05) is 13.1 Å². The van der Waals surface area contributed by atoms with Crippen LogP contribution in [0.2, 0.25) is 0 Å². The number of rotatable bonds is 3. The molecule has 0 aromatic carbocycles. The molecule has 140 valence electrons. The fraction of sp³-hybridized carbons (Fsp3) is 0.667. The lowest BCUT2D eigenvalue weighted by atomic mass is 9.85. The Kier molecular flexibility index (Phi) is 7.28. The first kappa shape index (κ1) is 20.2. The maximum absolute atomic E-state index is 12.6. The van der Waals surface area contributed by atoms with Gasteiger partial charge in [-0.2, -0.15) is 0 Å². The number of amides is 2. The predicted molar refractivity (Wildman–Crippen MR) is 103 cm³/mol. The molecule has 5 nitrogen and oxygen atoms in total. The minimum Gasteiger partial charge on any atom is -0.348 e. The summed E-state index contributed by atoms with van der Waals surface area (Å²) in [6, 6.07) is 4.19. The van der Waals surface area contributed by atoms with Crippen molar-refractivity contribution >= 4 is 35.6 Å². The fourth-order valence-corrected chi connectivity index (χ4v) is 4.54. The second-order valence-electron chi connectivity index (χ2n) is 7.11. The molecule has 1 saturated carbocycles. The van der Waals surface area contributed by atoms with Crippen LogP contribution in [0.4, 0.5) is 0 Å². The number of nitrogens with two attached hydrogens (primary N) is 1. The number of halogens is 1. The first-order chi connectivity index (χ1) is 11.5. The molecule has 3 N–H and O–H groups in total. The van der Waals surface area contributed by atoms with Crippen LogP contribution in [0.1, 0.15) is 53.1 Å². The van der Waals surface area contributed by atoms with Gasteiger partial charge in [0.2, 0.25) is 5.91 Å². The quantitative estimate of drug-likeness (QED) is 0.839. The molecule has 1 saturated heterocycles. The van der Waals surface area contributed by atoms with Crippen LogP contribution in [0.3, 0.4) is 0 Å². The monoisotopic (exact) mass is 385 g/mol. The maximum atomic E-state index is 12.6. The lowest BCUT2D eigenvalue weighted by molar-refractivity contribution is -0.137. The smallest absolute Gasteiger partial charge is 0.261 e. The summed E-state index contributed by atoms with van der Waals surface area (Å²) in [6.07, 6.45) is 5.57. The number of nitrogens with zero attached hydrogens (tertiary/aromatic N) is 1. The third-order valence-electron chi connectivity index (χ3n) is 5.17. The van der Waals surface area contributed by atoms with E-state index in [1.807, 2.05) is 24.0 Å². The molecule has 25 heavy (non-hydrogen) atoms. The highest BCUT2D eigenvalue weighted by Gasteiger charge is 2.31. The zero-order valence-corrected chi connectivity index (χ0v) is 16.3. The van der Waals surface area contributed by atoms with Gasteiger partial charge in [0.05, 0.1) is 4.88 Å². The number of likely N-dealkylation sites (tertiary alicyclic amines) is 1. The molecular formula is C18H28ClN3O2S. The Morgan fingerprint density at radius 1 is 1.20 bits per heavy atom. The molecule has 2 amide bonds. The number of piperidine rings is 1. The molecule has 2 heterocycles. The van der Waals surface area contributed by atoms with Crippen LogP contribution in [-0.2, 0) is 4.79 Å². The van der Waals surface area contributed by atoms with Gasteiger partial charge in [-0.15, -0.1) is 23.7 Å². The molecule has 0 radical (unpaired) electrons. The number of aryl methyl sites for hydroxylation is 1. The predicted octanol–water partition coefficient (Wildman–Crippen LogP) is 2.72. The van der Waals surface area contributed by atoms with E-state index >= 15 is 0 Å². The molecule has 2 unspecified atom stereocenters. The third kappa shape index (κ3) is 5.19. The molecule has 1 aliphatic carbocycles. The molecule has 0 spiro atoms. The SMILES string of the molecule is Cc1ccc(C(=O)NC2CCN(C(=O)C3CCCC(N)C3)CC2)s1.Cl. The van der Waals surface area contributed by atoms with E-state index in [0.29, 0.717) is 0 Å². The number of carbonyl (C=O) groups excluding carboxylic acids is 2. The highest BCUT2D eigenvalue weighted by Crippen LogP contribution is 2.26. The summed E-state index contributed by atoms with van der Waals surface area (Å²) in [5, 5.41) is 3.11. The zero-order chi connectivity index (χ0) is 17.1. The van der Waals surface area contributed by atoms with E-state index in [1.165, 1.54) is 11.3 Å². The summed E-state index contributed by atoms with van der Waals surface area (Å²) >= 11 is 1.52. The molecule has 1 aliphatic heterocycles. The minimum atomic E-state index is 0. The highest BCUT2D eigenvalue weighted by atomic mass is 35.5. The van der Waals surface area contributed by atoms with Crippen molar-refractivity contribution in [2.24, 2.45) is 11.7 Å². The first-order valence-corrected chi connectivity index (χ1v) is 9.76. The molecule has 3 rings (SSSR count). The van der Waals surface area contributed by atoms with Gasteiger partial charge in [0.15, 0.2) is 0 Å². The van der Waals surface area contributed by atoms with Crippen molar-refractivity contribution < 1.29 is 9.59 Å². The van der Waals surface area contributed by atoms with Gasteiger partial charge in [-0.25, -0.2) is 0 Å². The first-order valence-electron chi connectivity index (χ1n) is 8.94. The van der Waals surface area contributed by atoms with Crippen molar-refractivity contribution in [1.29, 1.82) is 0 Å². The summed E-state index contributed by atoms with van der Waals surface area (Å²) < 4.78 is 0. The lowest BCUT2D eigenvalue weighted by Crippen LogP contribution is -2.49. The van der Waals surface area contributed by atoms with E-state index in [0.717, 1.165) is 61.4 Å². The van der Waals surface area contributed by atoms with Crippen LogP contribution < -0.4 is 11.1 Å². The van der Waals surface area contributed by atoms with Crippen molar-refractivity contribution in [3.05, 3.63) is 21.9 Å². The van der Waals surface area contributed by atoms with Gasteiger partial charge in [-0.1, -0.05) is 6.42 Å². The standard InChI is InChI=1S/C18H27N3O2S.ClH/c1-12-5-6-16(24-12)17(22)20-15-7-9-21(10-8-15)18(23)13-3-2-4-14(19)11-13;/h5-6,13-15H,2-4,7-11,19H2,1H3,(H,20,22);1H. The summed E-state index contributed by atoms with van der Waals surface area (Å²) in [7, 11) is 0. The van der Waals surface area contributed by atoms with E-state index in [-0.39, 0.29) is 42.2 Å². The van der Waals surface area contributed by atoms with Crippen LogP contribution in [-0.4, -0.2) is 41.9 Å². The molecule has 0 bridgehead atoms. The Balaban J connectivity index is 0.00000225. The van der Waals surface area contributed by atoms with Gasteiger partial charge in [-0.3, -0.25) is 9.59 Å². The van der Waals surface area contributed by atoms with E-state index in [2.05, 4.69) is 5.32 Å². The Hall–Kier alpha value is -1.11. The second kappa shape index (κ2) is 9.01. The van der Waals surface area contributed by atoms with E-state index < -0.39 is 0 Å². The van der Waals surface area contributed by atoms with Crippen LogP contribution in [0.5, 0.6) is 0 Å². The van der Waals surface area contributed by atoms with Crippen LogP contribution in [0.25, 0.3) is 0 Å². The Morgan fingerprint density at radius 3 is 2.52 bits per heavy atom. The van der Waals surface area contributed by atoms with Crippen LogP contribution in [0.15, 0.2) is 12.1 Å². The highest BCUT2D eigenvalue weighted by molar-refractivity contribution is 7.13. The molecular weight excluding hydrogens is 358 g/mol. The normalized spacial score (nSPS) is 24.5. The Bertz CT molecular complexity index is 599. The second-order valence-corrected chi connectivity index (χ2v) is 8.39. The summed E-state index contributed by atoms with van der Waals surface area (Å²) in [4.78, 5) is 28.7. The molecule has 1 aromatic rings. The van der Waals surface area contributed by atoms with Crippen molar-refractivity contribution in [3.8, 4) is 0 Å². The van der Waals surface area contributed by atoms with Gasteiger partial charge in [0, 0.05) is 36.0 Å². The Labute approximate surface area is 159 Å². The van der Waals surface area contributed by atoms with E-state index in [1.54, 1.807) is 0 Å². The van der Waals surface area contributed by atoms with Gasteiger partial charge in [0.1, 0.15) is 0 Å². The zero-order valence-electron chi connectivity index (χ0n) is 14.7. The maximum Gasteiger partial charge on any atom is 0.261 e. The Morgan fingerprint density at radius 2 is 1.92 bits per heavy atom. The molecule has 2 atom stereocenters. The number of thiophene rings is 1. The van der Waals surface area contributed by atoms with Crippen molar-refractivity contribution in [3.63, 3.8) is 0 Å². The largest absolute Gasteiger partial charge is 0.348 e. The molecule has 2 aliphatic rings. The van der Waals surface area contributed by atoms with E-state index in [4.69, 9.17) is 5.73 Å². The summed E-state index contributed by atoms with van der Waals surface area (Å²) in [5.41, 5.74) is 6.01. The number of hydrogen-bond acceptors (Lipinski definition) is 4. The number of hydrogen-bond donors (Lipinski definition) is 2. The van der Waals surface area contributed by atoms with Gasteiger partial charge >= 0.3 is 0 Å². The fourth-order valence-electron chi connectivity index (χ4n) is 3.77. The van der Waals surface area contributed by atoms with Gasteiger partial charge in [-0.05, 0) is 51.2 Å². The summed E-state index contributed by atoms with van der Waals surface area (Å²) in [5.74, 6) is 0.383. The third-order valence-corrected chi connectivity index (χ3v) is 6.17. The molecule has 7 heteroatoms. The lowest BCUT2D eigenvalue weighted by Gasteiger charge is -2.36. The van der Waals surface area contributed by atoms with Crippen LogP contribution in [0, 0.1) is 12.8 Å². The average Bonchev–Trinajstić information content (AvgIpc) is 3.01. The number of nitrogens with one attached hydrogen (secondary N) is 1. The molecule has 1 aromatic heterocycles.